The maximum Gasteiger partial charge on any atom is 0.297 e. The molecular formula is C13H14O8S2. The number of hydrogen-bond acceptors (Lipinski definition) is 7. The van der Waals surface area contributed by atoms with Crippen molar-refractivity contribution < 1.29 is 35.1 Å². The summed E-state index contributed by atoms with van der Waals surface area (Å²) < 4.78 is 56.3. The zero-order valence-corrected chi connectivity index (χ0v) is 13.8. The highest BCUT2D eigenvalue weighted by molar-refractivity contribution is 7.87. The van der Waals surface area contributed by atoms with Crippen molar-refractivity contribution in [2.24, 2.45) is 0 Å². The Hall–Kier alpha value is -2.01. The lowest BCUT2D eigenvalue weighted by Gasteiger charge is -2.09. The molecule has 0 aliphatic rings. The molecule has 126 valence electrons. The van der Waals surface area contributed by atoms with E-state index in [4.69, 9.17) is 9.90 Å². The van der Waals surface area contributed by atoms with E-state index in [-0.39, 0.29) is 27.0 Å². The van der Waals surface area contributed by atoms with Crippen molar-refractivity contribution >= 4 is 37.5 Å². The molecule has 0 saturated carbocycles. The van der Waals surface area contributed by atoms with Gasteiger partial charge in [-0.15, -0.1) is 0 Å². The van der Waals surface area contributed by atoms with E-state index in [1.807, 2.05) is 0 Å². The lowest BCUT2D eigenvalue weighted by Crippen LogP contribution is -2.06. The minimum absolute atomic E-state index is 0.0920. The molecule has 0 saturated heterocycles. The summed E-state index contributed by atoms with van der Waals surface area (Å²) in [6, 6.07) is 8.62. The number of rotatable bonds is 4. The molecular weight excluding hydrogens is 348 g/mol. The molecule has 10 heteroatoms. The topological polar surface area (TPSA) is 124 Å². The lowest BCUT2D eigenvalue weighted by molar-refractivity contribution is -0.122. The van der Waals surface area contributed by atoms with Crippen LogP contribution < -0.4 is 0 Å². The van der Waals surface area contributed by atoms with Gasteiger partial charge in [-0.3, -0.25) is 13.2 Å². The van der Waals surface area contributed by atoms with Crippen molar-refractivity contribution in [2.75, 3.05) is 14.2 Å². The van der Waals surface area contributed by atoms with E-state index < -0.39 is 20.2 Å². The molecule has 0 radical (unpaired) electrons. The SMILES string of the molecule is COS(=O)(=O)c1cccc2c(S(=O)(=O)OC)cccc12.O=CO. The first-order valence-electron chi connectivity index (χ1n) is 5.96. The third-order valence-corrected chi connectivity index (χ3v) is 5.49. The molecule has 23 heavy (non-hydrogen) atoms. The molecule has 0 aliphatic carbocycles. The maximum absolute atomic E-state index is 11.8. The predicted octanol–water partition coefficient (Wildman–Crippen LogP) is 1.21. The highest BCUT2D eigenvalue weighted by Gasteiger charge is 2.21. The standard InChI is InChI=1S/C12H12O6S2.CH2O2/c1-17-19(13,14)11-7-3-6-10-9(11)5-4-8-12(10)20(15,16)18-2;2-1-3/h3-8H,1-2H3;1H,(H,2,3). The lowest BCUT2D eigenvalue weighted by atomic mass is 10.1. The number of carboxylic acid groups (broad SMARTS) is 1. The second kappa shape index (κ2) is 7.51. The normalized spacial score (nSPS) is 11.6. The predicted molar refractivity (Wildman–Crippen MR) is 81.0 cm³/mol. The average molecular weight is 362 g/mol. The Balaban J connectivity index is 0.000000816. The Morgan fingerprint density at radius 2 is 1.13 bits per heavy atom. The van der Waals surface area contributed by atoms with Crippen molar-refractivity contribution in [2.45, 2.75) is 9.79 Å². The van der Waals surface area contributed by atoms with E-state index in [0.29, 0.717) is 0 Å². The first kappa shape index (κ1) is 19.0. The van der Waals surface area contributed by atoms with Gasteiger partial charge in [0.15, 0.2) is 0 Å². The Morgan fingerprint density at radius 1 is 0.826 bits per heavy atom. The largest absolute Gasteiger partial charge is 0.483 e. The van der Waals surface area contributed by atoms with E-state index in [0.717, 1.165) is 14.2 Å². The van der Waals surface area contributed by atoms with Crippen LogP contribution in [0.25, 0.3) is 10.8 Å². The summed E-state index contributed by atoms with van der Waals surface area (Å²) in [6.07, 6.45) is 0. The van der Waals surface area contributed by atoms with Gasteiger partial charge in [-0.25, -0.2) is 0 Å². The number of benzene rings is 2. The van der Waals surface area contributed by atoms with E-state index in [9.17, 15) is 16.8 Å². The van der Waals surface area contributed by atoms with Crippen LogP contribution in [-0.4, -0.2) is 42.6 Å². The van der Waals surface area contributed by atoms with Crippen LogP contribution in [-0.2, 0) is 33.4 Å². The molecule has 0 spiro atoms. The van der Waals surface area contributed by atoms with E-state index in [1.54, 1.807) is 0 Å². The third-order valence-electron chi connectivity index (χ3n) is 2.82. The van der Waals surface area contributed by atoms with Crippen LogP contribution in [0.15, 0.2) is 46.2 Å². The van der Waals surface area contributed by atoms with E-state index in [1.165, 1.54) is 36.4 Å². The molecule has 0 bridgehead atoms. The van der Waals surface area contributed by atoms with Gasteiger partial charge in [-0.1, -0.05) is 24.3 Å². The maximum atomic E-state index is 11.8. The van der Waals surface area contributed by atoms with Gasteiger partial charge in [0.25, 0.3) is 26.7 Å². The molecule has 2 rings (SSSR count). The van der Waals surface area contributed by atoms with Crippen molar-refractivity contribution in [3.8, 4) is 0 Å². The van der Waals surface area contributed by atoms with Gasteiger partial charge in [0.1, 0.15) is 9.79 Å². The highest BCUT2D eigenvalue weighted by Crippen LogP contribution is 2.29. The fourth-order valence-corrected chi connectivity index (χ4v) is 3.61. The fourth-order valence-electron chi connectivity index (χ4n) is 1.87. The van der Waals surface area contributed by atoms with Crippen LogP contribution in [0.3, 0.4) is 0 Å². The average Bonchev–Trinajstić information content (AvgIpc) is 2.54. The van der Waals surface area contributed by atoms with Crippen LogP contribution in [0.4, 0.5) is 0 Å². The summed E-state index contributed by atoms with van der Waals surface area (Å²) in [4.78, 5) is 8.18. The van der Waals surface area contributed by atoms with Crippen molar-refractivity contribution in [1.82, 2.24) is 0 Å². The number of carbonyl (C=O) groups is 1. The zero-order valence-electron chi connectivity index (χ0n) is 12.2. The van der Waals surface area contributed by atoms with E-state index in [2.05, 4.69) is 8.37 Å². The Kier molecular flexibility index (Phi) is 6.21. The highest BCUT2D eigenvalue weighted by atomic mass is 32.2. The molecule has 0 unspecified atom stereocenters. The molecule has 1 N–H and O–H groups in total. The van der Waals surface area contributed by atoms with Crippen LogP contribution in [0, 0.1) is 0 Å². The van der Waals surface area contributed by atoms with Gasteiger partial charge in [-0.05, 0) is 12.1 Å². The van der Waals surface area contributed by atoms with Crippen molar-refractivity contribution in [3.05, 3.63) is 36.4 Å². The first-order chi connectivity index (χ1) is 10.7. The Morgan fingerprint density at radius 3 is 1.39 bits per heavy atom. The van der Waals surface area contributed by atoms with Gasteiger partial charge in [-0.2, -0.15) is 16.8 Å². The number of hydrogen-bond donors (Lipinski definition) is 1. The molecule has 2 aromatic rings. The molecule has 8 nitrogen and oxygen atoms in total. The zero-order chi connectivity index (χ0) is 17.7. The van der Waals surface area contributed by atoms with Crippen molar-refractivity contribution in [1.29, 1.82) is 0 Å². The quantitative estimate of drug-likeness (QED) is 0.636. The summed E-state index contributed by atoms with van der Waals surface area (Å²) in [5, 5.41) is 7.40. The van der Waals surface area contributed by atoms with Crippen LogP contribution in [0.1, 0.15) is 0 Å². The summed E-state index contributed by atoms with van der Waals surface area (Å²) in [7, 11) is -5.77. The van der Waals surface area contributed by atoms with Crippen LogP contribution >= 0.6 is 0 Å². The number of fused-ring (bicyclic) bond motifs is 1. The fraction of sp³-hybridized carbons (Fsp3) is 0.154. The summed E-state index contributed by atoms with van der Waals surface area (Å²) in [5.41, 5.74) is 0. The molecule has 0 atom stereocenters. The summed E-state index contributed by atoms with van der Waals surface area (Å²) in [6.45, 7) is -0.250. The van der Waals surface area contributed by atoms with Gasteiger partial charge in [0.05, 0.1) is 14.2 Å². The molecule has 0 heterocycles. The minimum atomic E-state index is -3.93. The minimum Gasteiger partial charge on any atom is -0.483 e. The second-order valence-electron chi connectivity index (χ2n) is 3.95. The van der Waals surface area contributed by atoms with Crippen molar-refractivity contribution in [3.63, 3.8) is 0 Å². The molecule has 0 amide bonds. The molecule has 2 aromatic carbocycles. The molecule has 0 aliphatic heterocycles. The Labute approximate surface area is 133 Å². The third kappa shape index (κ3) is 4.05. The Bertz CT molecular complexity index is 827. The van der Waals surface area contributed by atoms with Crippen LogP contribution in [0.2, 0.25) is 0 Å². The van der Waals surface area contributed by atoms with Gasteiger partial charge in [0.2, 0.25) is 0 Å². The smallest absolute Gasteiger partial charge is 0.297 e. The molecule has 0 aromatic heterocycles. The van der Waals surface area contributed by atoms with Crippen LogP contribution in [0.5, 0.6) is 0 Å². The monoisotopic (exact) mass is 362 g/mol. The van der Waals surface area contributed by atoms with Gasteiger partial charge < -0.3 is 5.11 Å². The van der Waals surface area contributed by atoms with E-state index >= 15 is 0 Å². The first-order valence-corrected chi connectivity index (χ1v) is 8.77. The second-order valence-corrected chi connectivity index (χ2v) is 7.32. The molecule has 0 fully saturated rings. The summed E-state index contributed by atoms with van der Waals surface area (Å²) >= 11 is 0. The summed E-state index contributed by atoms with van der Waals surface area (Å²) in [5.74, 6) is 0. The van der Waals surface area contributed by atoms with Gasteiger partial charge >= 0.3 is 0 Å². The van der Waals surface area contributed by atoms with Gasteiger partial charge in [0, 0.05) is 10.8 Å².